The minimum absolute atomic E-state index is 0.0263. The lowest BCUT2D eigenvalue weighted by atomic mass is 10.1. The zero-order valence-corrected chi connectivity index (χ0v) is 20.2. The molecule has 2 amide bonds. The molecule has 166 valence electrons. The number of hydrogen-bond donors (Lipinski definition) is 1. The Morgan fingerprint density at radius 1 is 1.09 bits per heavy atom. The second kappa shape index (κ2) is 12.0. The summed E-state index contributed by atoms with van der Waals surface area (Å²) in [5.41, 5.74) is 2.83. The molecule has 1 heterocycles. The van der Waals surface area contributed by atoms with Gasteiger partial charge in [-0.1, -0.05) is 78.4 Å². The number of carbonyl (C=O) groups excluding carboxylic acids is 2. The van der Waals surface area contributed by atoms with Gasteiger partial charge >= 0.3 is 0 Å². The van der Waals surface area contributed by atoms with Gasteiger partial charge in [-0.25, -0.2) is 0 Å². The highest BCUT2D eigenvalue weighted by molar-refractivity contribution is 8.26. The molecule has 32 heavy (non-hydrogen) atoms. The second-order valence-electron chi connectivity index (χ2n) is 7.50. The number of nitrogens with one attached hydrogen (secondary N) is 1. The SMILES string of the molecule is CC(/C=C1\SC(=S)N(CCCCCC(=O)Nc2ccc(Cl)cc2)C1=O)=C\c1ccccc1. The maximum Gasteiger partial charge on any atom is 0.266 e. The number of unbranched alkanes of at least 4 members (excludes halogenated alkanes) is 2. The number of thioether (sulfide) groups is 1. The third-order valence-electron chi connectivity index (χ3n) is 4.84. The lowest BCUT2D eigenvalue weighted by Crippen LogP contribution is -2.29. The van der Waals surface area contributed by atoms with Crippen LogP contribution in [-0.4, -0.2) is 27.6 Å². The van der Waals surface area contributed by atoms with E-state index in [1.807, 2.05) is 49.4 Å². The number of anilines is 1. The fraction of sp³-hybridized carbons (Fsp3) is 0.240. The molecular weight excluding hydrogens is 460 g/mol. The summed E-state index contributed by atoms with van der Waals surface area (Å²) >= 11 is 12.6. The number of carbonyl (C=O) groups is 2. The molecule has 4 nitrogen and oxygen atoms in total. The Kier molecular flexibility index (Phi) is 9.09. The summed E-state index contributed by atoms with van der Waals surface area (Å²) in [6, 6.07) is 17.0. The molecule has 2 aromatic carbocycles. The maximum absolute atomic E-state index is 12.8. The van der Waals surface area contributed by atoms with Gasteiger partial charge in [0.25, 0.3) is 5.91 Å². The average molecular weight is 485 g/mol. The van der Waals surface area contributed by atoms with E-state index in [0.29, 0.717) is 27.2 Å². The highest BCUT2D eigenvalue weighted by Crippen LogP contribution is 2.32. The Morgan fingerprint density at radius 2 is 1.81 bits per heavy atom. The van der Waals surface area contributed by atoms with Crippen LogP contribution < -0.4 is 5.32 Å². The average Bonchev–Trinajstić information content (AvgIpc) is 3.03. The van der Waals surface area contributed by atoms with Crippen LogP contribution in [-0.2, 0) is 9.59 Å². The summed E-state index contributed by atoms with van der Waals surface area (Å²) in [6.45, 7) is 2.55. The van der Waals surface area contributed by atoms with Crippen LogP contribution in [0.25, 0.3) is 6.08 Å². The molecule has 1 N–H and O–H groups in total. The van der Waals surface area contributed by atoms with Gasteiger partial charge in [0, 0.05) is 23.7 Å². The van der Waals surface area contributed by atoms with Crippen molar-refractivity contribution in [2.75, 3.05) is 11.9 Å². The summed E-state index contributed by atoms with van der Waals surface area (Å²) in [4.78, 5) is 27.1. The van der Waals surface area contributed by atoms with Crippen molar-refractivity contribution in [2.45, 2.75) is 32.6 Å². The van der Waals surface area contributed by atoms with Gasteiger partial charge < -0.3 is 5.32 Å². The van der Waals surface area contributed by atoms with E-state index in [1.165, 1.54) is 11.8 Å². The third kappa shape index (κ3) is 7.33. The summed E-state index contributed by atoms with van der Waals surface area (Å²) in [5.74, 6) is -0.0668. The zero-order valence-electron chi connectivity index (χ0n) is 17.8. The van der Waals surface area contributed by atoms with E-state index in [1.54, 1.807) is 29.2 Å². The molecule has 2 aromatic rings. The first kappa shape index (κ1) is 24.2. The van der Waals surface area contributed by atoms with Gasteiger partial charge in [0.15, 0.2) is 0 Å². The minimum atomic E-state index is -0.0405. The number of thiocarbonyl (C=S) groups is 1. The van der Waals surface area contributed by atoms with Crippen LogP contribution in [0.4, 0.5) is 5.69 Å². The Labute approximate surface area is 203 Å². The first-order valence-corrected chi connectivity index (χ1v) is 12.1. The largest absolute Gasteiger partial charge is 0.326 e. The number of halogens is 1. The monoisotopic (exact) mass is 484 g/mol. The highest BCUT2D eigenvalue weighted by atomic mass is 35.5. The quantitative estimate of drug-likeness (QED) is 0.245. The van der Waals surface area contributed by atoms with Crippen molar-refractivity contribution in [1.82, 2.24) is 4.90 Å². The molecule has 0 radical (unpaired) electrons. The van der Waals surface area contributed by atoms with Crippen LogP contribution in [0.1, 0.15) is 38.2 Å². The number of benzene rings is 2. The van der Waals surface area contributed by atoms with Crippen molar-refractivity contribution < 1.29 is 9.59 Å². The lowest BCUT2D eigenvalue weighted by Gasteiger charge is -2.14. The maximum atomic E-state index is 12.8. The Balaban J connectivity index is 1.42. The summed E-state index contributed by atoms with van der Waals surface area (Å²) in [6.07, 6.45) is 6.77. The van der Waals surface area contributed by atoms with Crippen LogP contribution in [0.3, 0.4) is 0 Å². The first-order chi connectivity index (χ1) is 15.4. The van der Waals surface area contributed by atoms with E-state index in [-0.39, 0.29) is 11.8 Å². The van der Waals surface area contributed by atoms with Crippen molar-refractivity contribution in [2.24, 2.45) is 0 Å². The van der Waals surface area contributed by atoms with E-state index >= 15 is 0 Å². The number of rotatable bonds is 9. The van der Waals surface area contributed by atoms with Gasteiger partial charge in [0.2, 0.25) is 5.91 Å². The summed E-state index contributed by atoms with van der Waals surface area (Å²) in [5, 5.41) is 3.49. The molecule has 3 rings (SSSR count). The van der Waals surface area contributed by atoms with E-state index in [0.717, 1.165) is 36.1 Å². The number of allylic oxidation sites excluding steroid dienone is 2. The molecule has 7 heteroatoms. The molecule has 0 bridgehead atoms. The minimum Gasteiger partial charge on any atom is -0.326 e. The molecule has 0 spiro atoms. The number of amides is 2. The van der Waals surface area contributed by atoms with Crippen LogP contribution in [0.5, 0.6) is 0 Å². The molecular formula is C25H25ClN2O2S2. The van der Waals surface area contributed by atoms with Gasteiger partial charge in [-0.05, 0) is 61.2 Å². The molecule has 1 aliphatic heterocycles. The molecule has 0 unspecified atom stereocenters. The van der Waals surface area contributed by atoms with Gasteiger partial charge in [0.1, 0.15) is 4.32 Å². The van der Waals surface area contributed by atoms with Gasteiger partial charge in [0.05, 0.1) is 4.91 Å². The predicted molar refractivity (Wildman–Crippen MR) is 139 cm³/mol. The zero-order chi connectivity index (χ0) is 22.9. The van der Waals surface area contributed by atoms with Crippen LogP contribution >= 0.6 is 35.6 Å². The molecule has 1 aliphatic rings. The Hall–Kier alpha value is -2.41. The smallest absolute Gasteiger partial charge is 0.266 e. The molecule has 1 fully saturated rings. The van der Waals surface area contributed by atoms with E-state index in [4.69, 9.17) is 23.8 Å². The third-order valence-corrected chi connectivity index (χ3v) is 6.47. The van der Waals surface area contributed by atoms with E-state index in [9.17, 15) is 9.59 Å². The highest BCUT2D eigenvalue weighted by Gasteiger charge is 2.31. The van der Waals surface area contributed by atoms with Crippen molar-refractivity contribution >= 4 is 63.5 Å². The topological polar surface area (TPSA) is 49.4 Å². The fourth-order valence-electron chi connectivity index (χ4n) is 3.24. The van der Waals surface area contributed by atoms with Crippen LogP contribution in [0, 0.1) is 0 Å². The molecule has 0 aliphatic carbocycles. The Bertz CT molecular complexity index is 1030. The summed E-state index contributed by atoms with van der Waals surface area (Å²) < 4.78 is 0.592. The van der Waals surface area contributed by atoms with Gasteiger partial charge in [-0.3, -0.25) is 14.5 Å². The molecule has 0 aromatic heterocycles. The van der Waals surface area contributed by atoms with Gasteiger partial charge in [-0.2, -0.15) is 0 Å². The van der Waals surface area contributed by atoms with E-state index < -0.39 is 0 Å². The van der Waals surface area contributed by atoms with Crippen LogP contribution in [0.15, 0.2) is 71.2 Å². The molecule has 0 atom stereocenters. The molecule has 1 saturated heterocycles. The summed E-state index contributed by atoms with van der Waals surface area (Å²) in [7, 11) is 0. The van der Waals surface area contributed by atoms with Crippen LogP contribution in [0.2, 0.25) is 5.02 Å². The standard InChI is InChI=1S/C25H25ClN2O2S2/c1-18(16-19-8-4-2-5-9-19)17-22-24(30)28(25(31)32-22)15-7-3-6-10-23(29)27-21-13-11-20(26)12-14-21/h2,4-5,8-9,11-14,16-17H,3,6-7,10,15H2,1H3,(H,27,29)/b18-16+,22-17-. The predicted octanol–water partition coefficient (Wildman–Crippen LogP) is 6.69. The second-order valence-corrected chi connectivity index (χ2v) is 9.61. The first-order valence-electron chi connectivity index (χ1n) is 10.5. The van der Waals surface area contributed by atoms with Gasteiger partial charge in [-0.15, -0.1) is 0 Å². The molecule has 0 saturated carbocycles. The fourth-order valence-corrected chi connectivity index (χ4v) is 4.73. The van der Waals surface area contributed by atoms with Crippen molar-refractivity contribution in [3.63, 3.8) is 0 Å². The van der Waals surface area contributed by atoms with E-state index in [2.05, 4.69) is 5.32 Å². The lowest BCUT2D eigenvalue weighted by molar-refractivity contribution is -0.122. The Morgan fingerprint density at radius 3 is 2.53 bits per heavy atom. The van der Waals surface area contributed by atoms with Crippen molar-refractivity contribution in [3.8, 4) is 0 Å². The van der Waals surface area contributed by atoms with Crippen molar-refractivity contribution in [1.29, 1.82) is 0 Å². The normalized spacial score (nSPS) is 15.5. The van der Waals surface area contributed by atoms with Crippen molar-refractivity contribution in [3.05, 3.63) is 81.7 Å². The number of hydrogen-bond acceptors (Lipinski definition) is 4. The number of nitrogens with zero attached hydrogens (tertiary/aromatic N) is 1.